The van der Waals surface area contributed by atoms with E-state index in [-0.39, 0.29) is 18.0 Å². The molecular formula is C21H22F2N4O. The molecular weight excluding hydrogens is 362 g/mol. The first-order valence-corrected chi connectivity index (χ1v) is 9.75. The van der Waals surface area contributed by atoms with E-state index in [0.717, 1.165) is 32.0 Å². The number of primary amides is 1. The minimum absolute atomic E-state index is 0.0755. The van der Waals surface area contributed by atoms with Gasteiger partial charge in [-0.3, -0.25) is 9.69 Å². The van der Waals surface area contributed by atoms with Crippen molar-refractivity contribution in [2.45, 2.75) is 30.8 Å². The minimum atomic E-state index is -0.820. The highest BCUT2D eigenvalue weighted by molar-refractivity contribution is 5.97. The molecule has 5 nitrogen and oxygen atoms in total. The maximum absolute atomic E-state index is 14.7. The molecule has 0 radical (unpaired) electrons. The fraction of sp³-hybridized carbons (Fsp3) is 0.429. The fourth-order valence-corrected chi connectivity index (χ4v) is 5.56. The third-order valence-electron chi connectivity index (χ3n) is 6.70. The van der Waals surface area contributed by atoms with E-state index in [1.807, 2.05) is 0 Å². The van der Waals surface area contributed by atoms with E-state index in [0.29, 0.717) is 29.4 Å². The molecule has 146 valence electrons. The molecule has 0 saturated carbocycles. The monoisotopic (exact) mass is 384 g/mol. The molecule has 2 aromatic rings. The number of hydrogen-bond donors (Lipinski definition) is 1. The molecule has 4 fully saturated rings. The molecule has 0 aliphatic carbocycles. The average molecular weight is 384 g/mol. The first-order valence-electron chi connectivity index (χ1n) is 9.75. The molecule has 4 aliphatic heterocycles. The van der Waals surface area contributed by atoms with Crippen LogP contribution in [0.5, 0.6) is 0 Å². The third-order valence-corrected chi connectivity index (χ3v) is 6.70. The molecule has 2 bridgehead atoms. The molecule has 1 aromatic heterocycles. The van der Waals surface area contributed by atoms with Crippen LogP contribution in [0.1, 0.15) is 34.7 Å². The lowest BCUT2D eigenvalue weighted by atomic mass is 9.75. The quantitative estimate of drug-likeness (QED) is 0.883. The van der Waals surface area contributed by atoms with E-state index >= 15 is 0 Å². The van der Waals surface area contributed by atoms with E-state index < -0.39 is 17.5 Å². The van der Waals surface area contributed by atoms with Gasteiger partial charge in [0.15, 0.2) is 11.6 Å². The van der Waals surface area contributed by atoms with Gasteiger partial charge in [0.1, 0.15) is 5.82 Å². The van der Waals surface area contributed by atoms with Crippen molar-refractivity contribution >= 4 is 11.7 Å². The molecule has 7 heteroatoms. The Labute approximate surface area is 162 Å². The lowest BCUT2D eigenvalue weighted by molar-refractivity contribution is 0.0349. The van der Waals surface area contributed by atoms with Gasteiger partial charge in [0.25, 0.3) is 5.91 Å². The summed E-state index contributed by atoms with van der Waals surface area (Å²) in [5.74, 6) is -1.31. The third kappa shape index (κ3) is 2.53. The summed E-state index contributed by atoms with van der Waals surface area (Å²) in [6.07, 6.45) is 3.78. The van der Waals surface area contributed by atoms with E-state index in [1.165, 1.54) is 0 Å². The number of nitrogens with zero attached hydrogens (tertiary/aromatic N) is 3. The second-order valence-corrected chi connectivity index (χ2v) is 8.00. The molecule has 0 spiro atoms. The summed E-state index contributed by atoms with van der Waals surface area (Å²) in [7, 11) is 0. The second-order valence-electron chi connectivity index (χ2n) is 8.00. The van der Waals surface area contributed by atoms with Crippen molar-refractivity contribution in [3.63, 3.8) is 0 Å². The molecule has 4 aliphatic rings. The van der Waals surface area contributed by atoms with Gasteiger partial charge in [-0.05, 0) is 55.6 Å². The summed E-state index contributed by atoms with van der Waals surface area (Å²) in [5, 5.41) is 0. The van der Waals surface area contributed by atoms with Crippen LogP contribution in [0.2, 0.25) is 0 Å². The Morgan fingerprint density at radius 1 is 1.11 bits per heavy atom. The summed E-state index contributed by atoms with van der Waals surface area (Å²) in [6, 6.07) is 7.96. The van der Waals surface area contributed by atoms with Gasteiger partial charge in [0.2, 0.25) is 0 Å². The molecule has 28 heavy (non-hydrogen) atoms. The molecule has 6 rings (SSSR count). The number of rotatable bonds is 3. The van der Waals surface area contributed by atoms with Crippen LogP contribution in [0.3, 0.4) is 0 Å². The van der Waals surface area contributed by atoms with E-state index in [2.05, 4.69) is 14.8 Å². The van der Waals surface area contributed by atoms with Crippen molar-refractivity contribution in [3.8, 4) is 0 Å². The van der Waals surface area contributed by atoms with Crippen molar-refractivity contribution in [2.24, 2.45) is 11.7 Å². The number of aromatic nitrogens is 1. The molecule has 1 amide bonds. The van der Waals surface area contributed by atoms with Gasteiger partial charge in [0, 0.05) is 30.7 Å². The van der Waals surface area contributed by atoms with Crippen molar-refractivity contribution in [3.05, 3.63) is 59.3 Å². The van der Waals surface area contributed by atoms with Crippen molar-refractivity contribution in [1.82, 2.24) is 9.88 Å². The number of amides is 1. The zero-order chi connectivity index (χ0) is 19.4. The Morgan fingerprint density at radius 3 is 2.64 bits per heavy atom. The Morgan fingerprint density at radius 2 is 1.89 bits per heavy atom. The number of piperidine rings is 3. The maximum atomic E-state index is 14.7. The Bertz CT molecular complexity index is 928. The van der Waals surface area contributed by atoms with Gasteiger partial charge in [0.05, 0.1) is 5.56 Å². The number of benzene rings is 1. The van der Waals surface area contributed by atoms with Crippen molar-refractivity contribution in [1.29, 1.82) is 0 Å². The topological polar surface area (TPSA) is 62.5 Å². The SMILES string of the molecule is NC(=O)c1cccnc1N1C[C@@H](c2cccc(F)c2F)[C@@H]2[C@H]1C1CCN2CC1. The van der Waals surface area contributed by atoms with Crippen molar-refractivity contribution < 1.29 is 13.6 Å². The van der Waals surface area contributed by atoms with Crippen LogP contribution >= 0.6 is 0 Å². The first-order chi connectivity index (χ1) is 13.6. The zero-order valence-electron chi connectivity index (χ0n) is 15.4. The number of pyridine rings is 1. The van der Waals surface area contributed by atoms with Gasteiger partial charge in [-0.25, -0.2) is 13.8 Å². The average Bonchev–Trinajstić information content (AvgIpc) is 3.13. The summed E-state index contributed by atoms with van der Waals surface area (Å²) in [4.78, 5) is 21.0. The molecule has 0 unspecified atom stereocenters. The van der Waals surface area contributed by atoms with Gasteiger partial charge in [-0.2, -0.15) is 0 Å². The lowest BCUT2D eigenvalue weighted by Gasteiger charge is -2.51. The molecule has 5 heterocycles. The van der Waals surface area contributed by atoms with E-state index in [9.17, 15) is 13.6 Å². The summed E-state index contributed by atoms with van der Waals surface area (Å²) in [6.45, 7) is 2.43. The highest BCUT2D eigenvalue weighted by atomic mass is 19.2. The zero-order valence-corrected chi connectivity index (χ0v) is 15.4. The van der Waals surface area contributed by atoms with Crippen molar-refractivity contribution in [2.75, 3.05) is 24.5 Å². The fourth-order valence-electron chi connectivity index (χ4n) is 5.56. The van der Waals surface area contributed by atoms with E-state index in [1.54, 1.807) is 30.5 Å². The van der Waals surface area contributed by atoms with Gasteiger partial charge >= 0.3 is 0 Å². The van der Waals surface area contributed by atoms with Crippen LogP contribution in [0.4, 0.5) is 14.6 Å². The summed E-state index contributed by atoms with van der Waals surface area (Å²) >= 11 is 0. The predicted molar refractivity (Wildman–Crippen MR) is 101 cm³/mol. The molecule has 4 saturated heterocycles. The number of halogens is 2. The molecule has 3 atom stereocenters. The largest absolute Gasteiger partial charge is 0.365 e. The van der Waals surface area contributed by atoms with Gasteiger partial charge in [-0.15, -0.1) is 0 Å². The van der Waals surface area contributed by atoms with Gasteiger partial charge in [-0.1, -0.05) is 12.1 Å². The number of nitrogens with two attached hydrogens (primary N) is 1. The summed E-state index contributed by atoms with van der Waals surface area (Å²) in [5.41, 5.74) is 6.37. The number of anilines is 1. The molecule has 2 N–H and O–H groups in total. The standard InChI is InChI=1S/C21H22F2N4O/c22-16-5-1-3-13(17(16)23)15-11-27(21-14(20(24)28)4-2-8-25-21)18-12-6-9-26(10-7-12)19(15)18/h1-5,8,12,15,18-19H,6-7,9-11H2,(H2,24,28)/t15-,18+,19+/m0/s1. The highest BCUT2D eigenvalue weighted by Gasteiger charge is 2.54. The Hall–Kier alpha value is -2.54. The number of carbonyl (C=O) groups excluding carboxylic acids is 1. The number of hydrogen-bond acceptors (Lipinski definition) is 4. The lowest BCUT2D eigenvalue weighted by Crippen LogP contribution is -2.60. The Balaban J connectivity index is 1.62. The minimum Gasteiger partial charge on any atom is -0.365 e. The smallest absolute Gasteiger partial charge is 0.252 e. The second kappa shape index (κ2) is 6.51. The predicted octanol–water partition coefficient (Wildman–Crippen LogP) is 2.53. The van der Waals surface area contributed by atoms with Crippen LogP contribution in [0, 0.1) is 17.6 Å². The van der Waals surface area contributed by atoms with Crippen LogP contribution in [0.15, 0.2) is 36.5 Å². The number of carbonyl (C=O) groups is 1. The van der Waals surface area contributed by atoms with Crippen LogP contribution in [-0.2, 0) is 0 Å². The maximum Gasteiger partial charge on any atom is 0.252 e. The number of fused-ring (bicyclic) bond motifs is 2. The first kappa shape index (κ1) is 17.6. The highest BCUT2D eigenvalue weighted by Crippen LogP contribution is 2.48. The van der Waals surface area contributed by atoms with Crippen LogP contribution in [-0.4, -0.2) is 47.5 Å². The van der Waals surface area contributed by atoms with Crippen LogP contribution in [0.25, 0.3) is 0 Å². The Kier molecular flexibility index (Phi) is 4.08. The van der Waals surface area contributed by atoms with E-state index in [4.69, 9.17) is 5.73 Å². The van der Waals surface area contributed by atoms with Crippen LogP contribution < -0.4 is 10.6 Å². The molecule has 1 aromatic carbocycles. The normalized spacial score (nSPS) is 31.1. The summed E-state index contributed by atoms with van der Waals surface area (Å²) < 4.78 is 28.6. The van der Waals surface area contributed by atoms with Gasteiger partial charge < -0.3 is 10.6 Å².